The Hall–Kier alpha value is -2.99. The van der Waals surface area contributed by atoms with Gasteiger partial charge < -0.3 is 14.7 Å². The van der Waals surface area contributed by atoms with E-state index in [1.807, 2.05) is 29.2 Å². The van der Waals surface area contributed by atoms with Crippen molar-refractivity contribution in [2.24, 2.45) is 0 Å². The number of hydrogen-bond donors (Lipinski definition) is 2. The second kappa shape index (κ2) is 14.2. The lowest BCUT2D eigenvalue weighted by Crippen LogP contribution is -2.54. The zero-order valence-corrected chi connectivity index (χ0v) is 26.1. The Morgan fingerprint density at radius 1 is 1.00 bits per heavy atom. The first kappa shape index (κ1) is 32.9. The van der Waals surface area contributed by atoms with Crippen LogP contribution >= 0.6 is 11.6 Å². The van der Waals surface area contributed by atoms with Gasteiger partial charge in [0.2, 0.25) is 5.75 Å². The second-order valence-electron chi connectivity index (χ2n) is 9.94. The summed E-state index contributed by atoms with van der Waals surface area (Å²) in [5, 5.41) is 14.3. The van der Waals surface area contributed by atoms with E-state index in [0.29, 0.717) is 29.2 Å². The summed E-state index contributed by atoms with van der Waals surface area (Å²) in [5.74, 6) is 0.0612. The molecular weight excluding hydrogens is 621 g/mol. The Morgan fingerprint density at radius 3 is 2.28 bits per heavy atom. The van der Waals surface area contributed by atoms with Gasteiger partial charge in [0.05, 0.1) is 31.4 Å². The lowest BCUT2D eigenvalue weighted by Gasteiger charge is -2.35. The number of halogens is 1. The Labute approximate surface area is 256 Å². The molecule has 1 aliphatic heterocycles. The van der Waals surface area contributed by atoms with Crippen LogP contribution in [0.1, 0.15) is 11.1 Å². The van der Waals surface area contributed by atoms with Gasteiger partial charge in [-0.1, -0.05) is 41.9 Å². The molecule has 4 rings (SSSR count). The summed E-state index contributed by atoms with van der Waals surface area (Å²) >= 11 is 6.15. The number of aromatic nitrogens is 2. The third-order valence-electron chi connectivity index (χ3n) is 6.52. The number of benzene rings is 2. The lowest BCUT2D eigenvalue weighted by atomic mass is 9.92. The van der Waals surface area contributed by atoms with Crippen LogP contribution < -0.4 is 19.8 Å². The van der Waals surface area contributed by atoms with Crippen molar-refractivity contribution in [2.45, 2.75) is 19.7 Å². The number of hydrogen-bond acceptors (Lipinski definition) is 10. The van der Waals surface area contributed by atoms with Crippen molar-refractivity contribution in [3.63, 3.8) is 0 Å². The molecule has 0 atom stereocenters. The highest BCUT2D eigenvalue weighted by molar-refractivity contribution is 7.88. The van der Waals surface area contributed by atoms with E-state index in [2.05, 4.69) is 9.73 Å². The summed E-state index contributed by atoms with van der Waals surface area (Å²) in [6.45, 7) is 2.27. The fourth-order valence-corrected chi connectivity index (χ4v) is 6.36. The minimum atomic E-state index is -3.87. The van der Waals surface area contributed by atoms with E-state index in [4.69, 9.17) is 20.5 Å². The molecule has 2 N–H and O–H groups in total. The Morgan fingerprint density at radius 2 is 1.65 bits per heavy atom. The highest BCUT2D eigenvalue weighted by Gasteiger charge is 2.30. The number of ether oxygens (including phenoxy) is 1. The van der Waals surface area contributed by atoms with Gasteiger partial charge in [0.15, 0.2) is 0 Å². The van der Waals surface area contributed by atoms with Crippen molar-refractivity contribution in [1.29, 1.82) is 0 Å². The molecule has 17 heteroatoms. The summed E-state index contributed by atoms with van der Waals surface area (Å²) < 4.78 is 63.0. The maximum absolute atomic E-state index is 13.7. The molecular formula is C26H33BClN5O8S2. The van der Waals surface area contributed by atoms with Crippen molar-refractivity contribution in [1.82, 2.24) is 18.7 Å². The van der Waals surface area contributed by atoms with Gasteiger partial charge in [-0.2, -0.15) is 30.9 Å². The van der Waals surface area contributed by atoms with E-state index < -0.39 is 32.9 Å². The molecule has 2 heterocycles. The SMILES string of the molecule is CB(O)NS(=O)(=O)N1CCN(c2cnn(-c3cccc(Cl)c3)c(=O)c2OCCc2cccc(CCOS(C)(=O)=O)c2)CC1. The predicted octanol–water partition coefficient (Wildman–Crippen LogP) is 1.09. The quantitative estimate of drug-likeness (QED) is 0.202. The number of nitrogens with zero attached hydrogens (tertiary/aromatic N) is 4. The fourth-order valence-electron chi connectivity index (χ4n) is 4.56. The topological polar surface area (TPSA) is 160 Å². The van der Waals surface area contributed by atoms with Gasteiger partial charge in [-0.05, 0) is 42.6 Å². The van der Waals surface area contributed by atoms with Crippen LogP contribution in [0.5, 0.6) is 5.75 Å². The largest absolute Gasteiger partial charge is 0.486 e. The first-order chi connectivity index (χ1) is 20.3. The van der Waals surface area contributed by atoms with Crippen molar-refractivity contribution < 1.29 is 30.8 Å². The molecule has 232 valence electrons. The van der Waals surface area contributed by atoms with E-state index in [1.165, 1.54) is 22.0 Å². The van der Waals surface area contributed by atoms with Crippen molar-refractivity contribution in [2.75, 3.05) is 50.5 Å². The first-order valence-corrected chi connectivity index (χ1v) is 17.1. The zero-order chi connectivity index (χ0) is 31.2. The molecule has 1 aliphatic rings. The average molecular weight is 654 g/mol. The van der Waals surface area contributed by atoms with Gasteiger partial charge in [0.25, 0.3) is 20.3 Å². The van der Waals surface area contributed by atoms with Crippen molar-refractivity contribution >= 4 is 44.7 Å². The van der Waals surface area contributed by atoms with Crippen LogP contribution in [-0.4, -0.2) is 88.6 Å². The van der Waals surface area contributed by atoms with E-state index in [9.17, 15) is 26.7 Å². The van der Waals surface area contributed by atoms with E-state index in [1.54, 1.807) is 24.3 Å². The Kier molecular flexibility index (Phi) is 10.9. The van der Waals surface area contributed by atoms with Crippen molar-refractivity contribution in [3.05, 3.63) is 81.2 Å². The summed E-state index contributed by atoms with van der Waals surface area (Å²) in [7, 11) is -8.62. The molecule has 1 aromatic heterocycles. The molecule has 1 fully saturated rings. The summed E-state index contributed by atoms with van der Waals surface area (Å²) in [6, 6.07) is 14.2. The minimum Gasteiger partial charge on any atom is -0.486 e. The van der Waals surface area contributed by atoms with E-state index >= 15 is 0 Å². The van der Waals surface area contributed by atoms with Gasteiger partial charge in [-0.15, -0.1) is 0 Å². The monoisotopic (exact) mass is 653 g/mol. The standard InChI is InChI=1S/C26H33BClN5O8S2/c1-27(35)30-43(38,39)32-13-11-31(12-14-32)24-19-29-33(23-8-4-7-22(28)18-23)26(34)25(24)40-15-9-20-5-3-6-21(17-20)10-16-41-42(2,36)37/h3-8,17-19,30,35H,9-16H2,1-2H3. The minimum absolute atomic E-state index is 0.0336. The van der Waals surface area contributed by atoms with Crippen LogP contribution in [0.4, 0.5) is 5.69 Å². The Balaban J connectivity index is 1.53. The van der Waals surface area contributed by atoms with Gasteiger partial charge in [-0.25, -0.2) is 4.63 Å². The molecule has 0 saturated carbocycles. The number of rotatable bonds is 13. The first-order valence-electron chi connectivity index (χ1n) is 13.5. The highest BCUT2D eigenvalue weighted by atomic mass is 35.5. The summed E-state index contributed by atoms with van der Waals surface area (Å²) in [4.78, 5) is 15.5. The summed E-state index contributed by atoms with van der Waals surface area (Å²) in [6.07, 6.45) is 3.38. The molecule has 1 saturated heterocycles. The van der Waals surface area contributed by atoms with Crippen LogP contribution in [0.25, 0.3) is 5.69 Å². The molecule has 0 radical (unpaired) electrons. The molecule has 43 heavy (non-hydrogen) atoms. The molecule has 0 aliphatic carbocycles. The molecule has 2 aromatic carbocycles. The number of piperazine rings is 1. The highest BCUT2D eigenvalue weighted by Crippen LogP contribution is 2.26. The van der Waals surface area contributed by atoms with Crippen molar-refractivity contribution in [3.8, 4) is 11.4 Å². The molecule has 0 amide bonds. The lowest BCUT2D eigenvalue weighted by molar-refractivity contribution is 0.312. The van der Waals surface area contributed by atoms with E-state index in [0.717, 1.165) is 17.4 Å². The maximum Gasteiger partial charge on any atom is 0.388 e. The Bertz CT molecular complexity index is 1700. The van der Waals surface area contributed by atoms with Crippen LogP contribution in [0.15, 0.2) is 59.5 Å². The van der Waals surface area contributed by atoms with Crippen LogP contribution in [0.2, 0.25) is 11.8 Å². The van der Waals surface area contributed by atoms with Crippen LogP contribution in [-0.2, 0) is 37.4 Å². The average Bonchev–Trinajstić information content (AvgIpc) is 2.93. The van der Waals surface area contributed by atoms with Crippen LogP contribution in [0, 0.1) is 0 Å². The third-order valence-corrected chi connectivity index (χ3v) is 9.04. The van der Waals surface area contributed by atoms with Gasteiger partial charge in [0, 0.05) is 37.6 Å². The molecule has 0 spiro atoms. The zero-order valence-electron chi connectivity index (χ0n) is 23.7. The number of nitrogens with one attached hydrogen (secondary N) is 1. The molecule has 13 nitrogen and oxygen atoms in total. The molecule has 0 unspecified atom stereocenters. The normalized spacial score (nSPS) is 14.6. The summed E-state index contributed by atoms with van der Waals surface area (Å²) in [5.41, 5.74) is 2.20. The maximum atomic E-state index is 13.7. The predicted molar refractivity (Wildman–Crippen MR) is 165 cm³/mol. The van der Waals surface area contributed by atoms with Crippen LogP contribution in [0.3, 0.4) is 0 Å². The second-order valence-corrected chi connectivity index (χ2v) is 13.7. The van der Waals surface area contributed by atoms with Gasteiger partial charge >= 0.3 is 12.6 Å². The van der Waals surface area contributed by atoms with Gasteiger partial charge in [0.1, 0.15) is 5.69 Å². The smallest absolute Gasteiger partial charge is 0.388 e. The molecule has 3 aromatic rings. The third kappa shape index (κ3) is 9.25. The molecule has 0 bridgehead atoms. The fraction of sp³-hybridized carbons (Fsp3) is 0.385. The van der Waals surface area contributed by atoms with Gasteiger partial charge in [-0.3, -0.25) is 8.98 Å². The van der Waals surface area contributed by atoms with E-state index in [-0.39, 0.29) is 45.1 Å². The number of anilines is 1.